The van der Waals surface area contributed by atoms with Gasteiger partial charge in [0, 0.05) is 31.7 Å². The molecule has 1 fully saturated rings. The van der Waals surface area contributed by atoms with Crippen molar-refractivity contribution in [3.63, 3.8) is 0 Å². The van der Waals surface area contributed by atoms with Crippen LogP contribution in [0.4, 0.5) is 0 Å². The smallest absolute Gasteiger partial charge is 0.242 e. The standard InChI is InChI=1S/C23H37N5O2/c1-16-10-6-8-14-28(16)15-9-7-13-24-20(29)12-11-19-17(2)21-22(25-18(19)3)27(4)26-23(21)30-5/h16H,6-15H2,1-5H3,(H,24,29). The zero-order chi connectivity index (χ0) is 21.7. The van der Waals surface area contributed by atoms with Crippen LogP contribution in [-0.2, 0) is 18.3 Å². The molecule has 7 nitrogen and oxygen atoms in total. The SMILES string of the molecule is COc1nn(C)c2nc(C)c(CCC(=O)NCCCCN3CCCCC3C)c(C)c12. The third kappa shape index (κ3) is 5.12. The van der Waals surface area contributed by atoms with Crippen LogP contribution in [0.25, 0.3) is 11.0 Å². The number of hydrogen-bond acceptors (Lipinski definition) is 5. The average Bonchev–Trinajstić information content (AvgIpc) is 3.04. The molecule has 0 spiro atoms. The second kappa shape index (κ2) is 10.2. The molecule has 0 aromatic carbocycles. The van der Waals surface area contributed by atoms with E-state index in [0.717, 1.165) is 53.8 Å². The Hall–Kier alpha value is -2.15. The monoisotopic (exact) mass is 415 g/mol. The highest BCUT2D eigenvalue weighted by Crippen LogP contribution is 2.30. The van der Waals surface area contributed by atoms with Gasteiger partial charge in [0.1, 0.15) is 0 Å². The van der Waals surface area contributed by atoms with Crippen LogP contribution in [0.5, 0.6) is 5.88 Å². The molecule has 1 aliphatic heterocycles. The number of fused-ring (bicyclic) bond motifs is 1. The summed E-state index contributed by atoms with van der Waals surface area (Å²) in [5, 5.41) is 8.42. The van der Waals surface area contributed by atoms with Crippen molar-refractivity contribution in [2.75, 3.05) is 26.7 Å². The predicted molar refractivity (Wildman–Crippen MR) is 120 cm³/mol. The maximum absolute atomic E-state index is 12.4. The summed E-state index contributed by atoms with van der Waals surface area (Å²) in [6.07, 6.45) is 7.34. The first kappa shape index (κ1) is 22.5. The van der Waals surface area contributed by atoms with Gasteiger partial charge in [0.05, 0.1) is 12.5 Å². The minimum atomic E-state index is 0.110. The van der Waals surface area contributed by atoms with Crippen molar-refractivity contribution < 1.29 is 9.53 Å². The van der Waals surface area contributed by atoms with Gasteiger partial charge in [0.15, 0.2) is 5.65 Å². The number of nitrogens with one attached hydrogen (secondary N) is 1. The van der Waals surface area contributed by atoms with Gasteiger partial charge in [-0.05, 0) is 77.1 Å². The summed E-state index contributed by atoms with van der Waals surface area (Å²) in [5.41, 5.74) is 3.99. The highest BCUT2D eigenvalue weighted by atomic mass is 16.5. The van der Waals surface area contributed by atoms with E-state index in [4.69, 9.17) is 9.72 Å². The van der Waals surface area contributed by atoms with E-state index in [1.165, 1.54) is 25.8 Å². The fraction of sp³-hybridized carbons (Fsp3) is 0.696. The summed E-state index contributed by atoms with van der Waals surface area (Å²) < 4.78 is 7.17. The lowest BCUT2D eigenvalue weighted by Gasteiger charge is -2.33. The molecule has 2 aromatic rings. The van der Waals surface area contributed by atoms with Gasteiger partial charge in [-0.2, -0.15) is 0 Å². The molecule has 1 unspecified atom stereocenters. The quantitative estimate of drug-likeness (QED) is 0.636. The van der Waals surface area contributed by atoms with Gasteiger partial charge in [-0.15, -0.1) is 5.10 Å². The number of pyridine rings is 1. The summed E-state index contributed by atoms with van der Waals surface area (Å²) >= 11 is 0. The number of rotatable bonds is 9. The molecule has 1 saturated heterocycles. The van der Waals surface area contributed by atoms with Gasteiger partial charge in [0.2, 0.25) is 11.8 Å². The van der Waals surface area contributed by atoms with E-state index in [9.17, 15) is 4.79 Å². The second-order valence-corrected chi connectivity index (χ2v) is 8.57. The van der Waals surface area contributed by atoms with Crippen LogP contribution < -0.4 is 10.1 Å². The molecule has 1 aliphatic rings. The number of unbranched alkanes of at least 4 members (excludes halogenated alkanes) is 1. The first-order valence-electron chi connectivity index (χ1n) is 11.3. The van der Waals surface area contributed by atoms with E-state index in [1.807, 2.05) is 14.0 Å². The van der Waals surface area contributed by atoms with Gasteiger partial charge >= 0.3 is 0 Å². The maximum Gasteiger partial charge on any atom is 0.242 e. The van der Waals surface area contributed by atoms with Crippen molar-refractivity contribution in [2.24, 2.45) is 7.05 Å². The van der Waals surface area contributed by atoms with Crippen molar-refractivity contribution in [2.45, 2.75) is 71.8 Å². The number of carbonyl (C=O) groups excluding carboxylic acids is 1. The van der Waals surface area contributed by atoms with Crippen LogP contribution in [0, 0.1) is 13.8 Å². The molecule has 0 aliphatic carbocycles. The minimum Gasteiger partial charge on any atom is -0.479 e. The topological polar surface area (TPSA) is 72.3 Å². The number of methoxy groups -OCH3 is 1. The van der Waals surface area contributed by atoms with E-state index in [-0.39, 0.29) is 5.91 Å². The molecule has 0 saturated carbocycles. The lowest BCUT2D eigenvalue weighted by atomic mass is 10.00. The largest absolute Gasteiger partial charge is 0.479 e. The van der Waals surface area contributed by atoms with E-state index in [1.54, 1.807) is 11.8 Å². The van der Waals surface area contributed by atoms with Crippen LogP contribution in [0.2, 0.25) is 0 Å². The molecule has 30 heavy (non-hydrogen) atoms. The van der Waals surface area contributed by atoms with Gasteiger partial charge in [-0.3, -0.25) is 4.79 Å². The first-order valence-corrected chi connectivity index (χ1v) is 11.3. The molecular formula is C23H37N5O2. The highest BCUT2D eigenvalue weighted by Gasteiger charge is 2.19. The number of likely N-dealkylation sites (tertiary alicyclic amines) is 1. The lowest BCUT2D eigenvalue weighted by Crippen LogP contribution is -2.38. The molecule has 3 heterocycles. The molecular weight excluding hydrogens is 378 g/mol. The second-order valence-electron chi connectivity index (χ2n) is 8.57. The van der Waals surface area contributed by atoms with Gasteiger partial charge < -0.3 is 15.0 Å². The maximum atomic E-state index is 12.4. The molecule has 3 rings (SSSR count). The van der Waals surface area contributed by atoms with Crippen LogP contribution in [0.1, 0.15) is 62.3 Å². The third-order valence-corrected chi connectivity index (χ3v) is 6.45. The van der Waals surface area contributed by atoms with E-state index in [2.05, 4.69) is 29.2 Å². The normalized spacial score (nSPS) is 17.4. The Bertz CT molecular complexity index is 876. The van der Waals surface area contributed by atoms with Crippen LogP contribution in [0.3, 0.4) is 0 Å². The zero-order valence-electron chi connectivity index (χ0n) is 19.3. The number of hydrogen-bond donors (Lipinski definition) is 1. The van der Waals surface area contributed by atoms with Gasteiger partial charge in [-0.1, -0.05) is 6.42 Å². The molecule has 0 bridgehead atoms. The first-order chi connectivity index (χ1) is 14.4. The highest BCUT2D eigenvalue weighted by molar-refractivity contribution is 5.86. The third-order valence-electron chi connectivity index (χ3n) is 6.45. The van der Waals surface area contributed by atoms with Crippen LogP contribution >= 0.6 is 0 Å². The van der Waals surface area contributed by atoms with Crippen LogP contribution in [0.15, 0.2) is 0 Å². The van der Waals surface area contributed by atoms with Gasteiger partial charge in [-0.25, -0.2) is 9.67 Å². The Morgan fingerprint density at radius 1 is 1.27 bits per heavy atom. The number of piperidine rings is 1. The molecule has 2 aromatic heterocycles. The summed E-state index contributed by atoms with van der Waals surface area (Å²) in [7, 11) is 3.50. The average molecular weight is 416 g/mol. The van der Waals surface area contributed by atoms with Crippen LogP contribution in [-0.4, -0.2) is 58.4 Å². The molecule has 1 atom stereocenters. The molecule has 1 amide bonds. The van der Waals surface area contributed by atoms with Crippen molar-refractivity contribution in [1.29, 1.82) is 0 Å². The van der Waals surface area contributed by atoms with Crippen molar-refractivity contribution in [1.82, 2.24) is 25.0 Å². The van der Waals surface area contributed by atoms with E-state index < -0.39 is 0 Å². The summed E-state index contributed by atoms with van der Waals surface area (Å²) in [6.45, 7) is 9.53. The van der Waals surface area contributed by atoms with Crippen molar-refractivity contribution >= 4 is 16.9 Å². The van der Waals surface area contributed by atoms with Crippen molar-refractivity contribution in [3.8, 4) is 5.88 Å². The number of aryl methyl sites for hydroxylation is 3. The summed E-state index contributed by atoms with van der Waals surface area (Å²) in [4.78, 5) is 19.7. The number of aromatic nitrogens is 3. The Morgan fingerprint density at radius 2 is 2.07 bits per heavy atom. The summed E-state index contributed by atoms with van der Waals surface area (Å²) in [6, 6.07) is 0.712. The Balaban J connectivity index is 1.47. The summed E-state index contributed by atoms with van der Waals surface area (Å²) in [5.74, 6) is 0.699. The predicted octanol–water partition coefficient (Wildman–Crippen LogP) is 3.30. The molecule has 1 N–H and O–H groups in total. The Kier molecular flexibility index (Phi) is 7.69. The Morgan fingerprint density at radius 3 is 2.80 bits per heavy atom. The number of carbonyl (C=O) groups is 1. The number of amides is 1. The fourth-order valence-corrected chi connectivity index (χ4v) is 4.59. The Labute approximate surface area is 180 Å². The van der Waals surface area contributed by atoms with E-state index >= 15 is 0 Å². The molecule has 7 heteroatoms. The number of nitrogens with zero attached hydrogens (tertiary/aromatic N) is 4. The van der Waals surface area contributed by atoms with E-state index in [0.29, 0.717) is 24.8 Å². The number of ether oxygens (including phenoxy) is 1. The molecule has 0 radical (unpaired) electrons. The minimum absolute atomic E-state index is 0.110. The lowest BCUT2D eigenvalue weighted by molar-refractivity contribution is -0.121. The molecule has 166 valence electrons. The van der Waals surface area contributed by atoms with Crippen molar-refractivity contribution in [3.05, 3.63) is 16.8 Å². The fourth-order valence-electron chi connectivity index (χ4n) is 4.59. The van der Waals surface area contributed by atoms with Gasteiger partial charge in [0.25, 0.3) is 0 Å². The zero-order valence-corrected chi connectivity index (χ0v) is 19.3.